The maximum atomic E-state index is 11.5. The van der Waals surface area contributed by atoms with Crippen molar-refractivity contribution in [1.82, 2.24) is 4.90 Å². The zero-order chi connectivity index (χ0) is 19.0. The van der Waals surface area contributed by atoms with E-state index in [9.17, 15) is 9.59 Å². The van der Waals surface area contributed by atoms with Crippen LogP contribution in [-0.2, 0) is 23.8 Å². The quantitative estimate of drug-likeness (QED) is 0.282. The molecule has 1 atom stereocenters. The van der Waals surface area contributed by atoms with Crippen LogP contribution in [0.4, 0.5) is 0 Å². The maximum absolute atomic E-state index is 11.5. The standard InChI is InChI=1S/C20H35NO5/c1-3-18(2)10-15-26-20(23)9-8-19(22)25-14-7-5-4-6-11-21-12-16-24-17-13-21/h8-9,18H,3-7,10-17H2,1-2H3/b9-8+. The lowest BCUT2D eigenvalue weighted by atomic mass is 10.1. The van der Waals surface area contributed by atoms with Crippen LogP contribution in [0.2, 0.25) is 0 Å². The molecule has 1 rings (SSSR count). The number of nitrogens with zero attached hydrogens (tertiary/aromatic N) is 1. The summed E-state index contributed by atoms with van der Waals surface area (Å²) in [6.07, 6.45) is 8.37. The van der Waals surface area contributed by atoms with Gasteiger partial charge in [0.2, 0.25) is 0 Å². The van der Waals surface area contributed by atoms with Crippen LogP contribution in [0, 0.1) is 5.92 Å². The Morgan fingerprint density at radius 3 is 2.27 bits per heavy atom. The lowest BCUT2D eigenvalue weighted by Gasteiger charge is -2.26. The van der Waals surface area contributed by atoms with Crippen molar-refractivity contribution >= 4 is 11.9 Å². The van der Waals surface area contributed by atoms with E-state index >= 15 is 0 Å². The monoisotopic (exact) mass is 369 g/mol. The first-order valence-corrected chi connectivity index (χ1v) is 9.93. The molecule has 0 amide bonds. The second-order valence-corrected chi connectivity index (χ2v) is 6.84. The summed E-state index contributed by atoms with van der Waals surface area (Å²) in [7, 11) is 0. The Bertz CT molecular complexity index is 418. The highest BCUT2D eigenvalue weighted by Gasteiger charge is 2.09. The molecule has 0 aromatic carbocycles. The van der Waals surface area contributed by atoms with Gasteiger partial charge >= 0.3 is 11.9 Å². The Morgan fingerprint density at radius 2 is 1.62 bits per heavy atom. The van der Waals surface area contributed by atoms with E-state index in [-0.39, 0.29) is 0 Å². The van der Waals surface area contributed by atoms with Crippen LogP contribution in [0.15, 0.2) is 12.2 Å². The molecule has 0 aromatic heterocycles. The first-order valence-electron chi connectivity index (χ1n) is 9.93. The number of morpholine rings is 1. The average Bonchev–Trinajstić information content (AvgIpc) is 2.66. The molecule has 0 spiro atoms. The van der Waals surface area contributed by atoms with Crippen LogP contribution < -0.4 is 0 Å². The number of ether oxygens (including phenoxy) is 3. The van der Waals surface area contributed by atoms with Gasteiger partial charge in [-0.1, -0.05) is 33.1 Å². The molecule has 6 heteroatoms. The van der Waals surface area contributed by atoms with E-state index in [1.165, 1.54) is 0 Å². The van der Waals surface area contributed by atoms with Crippen molar-refractivity contribution in [3.8, 4) is 0 Å². The summed E-state index contributed by atoms with van der Waals surface area (Å²) >= 11 is 0. The van der Waals surface area contributed by atoms with E-state index in [0.717, 1.165) is 83.5 Å². The van der Waals surface area contributed by atoms with E-state index in [4.69, 9.17) is 14.2 Å². The predicted molar refractivity (Wildman–Crippen MR) is 101 cm³/mol. The van der Waals surface area contributed by atoms with E-state index in [1.807, 2.05) is 0 Å². The van der Waals surface area contributed by atoms with Gasteiger partial charge in [-0.2, -0.15) is 0 Å². The van der Waals surface area contributed by atoms with E-state index in [2.05, 4.69) is 18.7 Å². The molecule has 0 aromatic rings. The second-order valence-electron chi connectivity index (χ2n) is 6.84. The van der Waals surface area contributed by atoms with Gasteiger partial charge in [-0.3, -0.25) is 4.90 Å². The number of carbonyl (C=O) groups excluding carboxylic acids is 2. The van der Waals surface area contributed by atoms with Crippen LogP contribution in [-0.4, -0.2) is 62.9 Å². The van der Waals surface area contributed by atoms with E-state index in [0.29, 0.717) is 19.1 Å². The zero-order valence-electron chi connectivity index (χ0n) is 16.4. The molecule has 1 unspecified atom stereocenters. The third-order valence-corrected chi connectivity index (χ3v) is 4.62. The largest absolute Gasteiger partial charge is 0.463 e. The molecular weight excluding hydrogens is 334 g/mol. The first kappa shape index (κ1) is 22.6. The highest BCUT2D eigenvalue weighted by atomic mass is 16.5. The Morgan fingerprint density at radius 1 is 1.00 bits per heavy atom. The summed E-state index contributed by atoms with van der Waals surface area (Å²) < 4.78 is 15.5. The number of rotatable bonds is 13. The average molecular weight is 370 g/mol. The van der Waals surface area contributed by atoms with Gasteiger partial charge in [-0.25, -0.2) is 9.59 Å². The van der Waals surface area contributed by atoms with Gasteiger partial charge in [0.25, 0.3) is 0 Å². The molecule has 1 fully saturated rings. The summed E-state index contributed by atoms with van der Waals surface area (Å²) in [5.74, 6) is -0.448. The molecule has 1 saturated heterocycles. The van der Waals surface area contributed by atoms with Gasteiger partial charge in [0, 0.05) is 25.2 Å². The fourth-order valence-electron chi connectivity index (χ4n) is 2.59. The second kappa shape index (κ2) is 14.7. The van der Waals surface area contributed by atoms with Crippen molar-refractivity contribution in [1.29, 1.82) is 0 Å². The van der Waals surface area contributed by atoms with Crippen LogP contribution in [0.3, 0.4) is 0 Å². The van der Waals surface area contributed by atoms with Crippen molar-refractivity contribution in [3.05, 3.63) is 12.2 Å². The van der Waals surface area contributed by atoms with Gasteiger partial charge in [-0.15, -0.1) is 0 Å². The Balaban J connectivity index is 1.94. The van der Waals surface area contributed by atoms with Gasteiger partial charge in [0.1, 0.15) is 0 Å². The molecule has 1 heterocycles. The smallest absolute Gasteiger partial charge is 0.331 e. The maximum Gasteiger partial charge on any atom is 0.331 e. The van der Waals surface area contributed by atoms with Crippen LogP contribution >= 0.6 is 0 Å². The van der Waals surface area contributed by atoms with Crippen molar-refractivity contribution in [2.45, 2.75) is 52.4 Å². The van der Waals surface area contributed by atoms with Gasteiger partial charge < -0.3 is 14.2 Å². The molecular formula is C20H35NO5. The van der Waals surface area contributed by atoms with Crippen molar-refractivity contribution in [2.75, 3.05) is 46.1 Å². The minimum Gasteiger partial charge on any atom is -0.463 e. The van der Waals surface area contributed by atoms with Crippen molar-refractivity contribution in [3.63, 3.8) is 0 Å². The Labute approximate surface area is 157 Å². The molecule has 1 aliphatic heterocycles. The van der Waals surface area contributed by atoms with Crippen molar-refractivity contribution < 1.29 is 23.8 Å². The normalized spacial score (nSPS) is 16.5. The third kappa shape index (κ3) is 12.0. The number of hydrogen-bond donors (Lipinski definition) is 0. The fourth-order valence-corrected chi connectivity index (χ4v) is 2.59. The zero-order valence-corrected chi connectivity index (χ0v) is 16.4. The minimum atomic E-state index is -0.492. The SMILES string of the molecule is CCC(C)CCOC(=O)/C=C/C(=O)OCCCCCCN1CCOCC1. The summed E-state index contributed by atoms with van der Waals surface area (Å²) in [5.41, 5.74) is 0. The number of hydrogen-bond acceptors (Lipinski definition) is 6. The van der Waals surface area contributed by atoms with Gasteiger partial charge in [-0.05, 0) is 31.7 Å². The van der Waals surface area contributed by atoms with Crippen LogP contribution in [0.25, 0.3) is 0 Å². The predicted octanol–water partition coefficient (Wildman–Crippen LogP) is 2.96. The molecule has 1 aliphatic rings. The van der Waals surface area contributed by atoms with Crippen molar-refractivity contribution in [2.24, 2.45) is 5.92 Å². The first-order chi connectivity index (χ1) is 12.6. The highest BCUT2D eigenvalue weighted by molar-refractivity contribution is 5.91. The van der Waals surface area contributed by atoms with Crippen LogP contribution in [0.1, 0.15) is 52.4 Å². The highest BCUT2D eigenvalue weighted by Crippen LogP contribution is 2.06. The summed E-state index contributed by atoms with van der Waals surface area (Å²) in [6.45, 7) is 9.86. The fraction of sp³-hybridized carbons (Fsp3) is 0.800. The third-order valence-electron chi connectivity index (χ3n) is 4.62. The van der Waals surface area contributed by atoms with E-state index in [1.54, 1.807) is 0 Å². The number of unbranched alkanes of at least 4 members (excludes halogenated alkanes) is 3. The molecule has 0 N–H and O–H groups in total. The Kier molecular flexibility index (Phi) is 12.8. The van der Waals surface area contributed by atoms with Gasteiger partial charge in [0.05, 0.1) is 26.4 Å². The molecule has 150 valence electrons. The Hall–Kier alpha value is -1.40. The molecule has 0 radical (unpaired) electrons. The summed E-state index contributed by atoms with van der Waals surface area (Å²) in [5, 5.41) is 0. The van der Waals surface area contributed by atoms with Crippen LogP contribution in [0.5, 0.6) is 0 Å². The lowest BCUT2D eigenvalue weighted by molar-refractivity contribution is -0.140. The molecule has 0 saturated carbocycles. The lowest BCUT2D eigenvalue weighted by Crippen LogP contribution is -2.36. The van der Waals surface area contributed by atoms with E-state index < -0.39 is 11.9 Å². The minimum absolute atomic E-state index is 0.387. The number of esters is 2. The molecule has 0 bridgehead atoms. The molecule has 6 nitrogen and oxygen atoms in total. The van der Waals surface area contributed by atoms with Gasteiger partial charge in [0.15, 0.2) is 0 Å². The summed E-state index contributed by atoms with van der Waals surface area (Å²) in [4.78, 5) is 25.4. The number of carbonyl (C=O) groups is 2. The summed E-state index contributed by atoms with van der Waals surface area (Å²) in [6, 6.07) is 0. The topological polar surface area (TPSA) is 65.1 Å². The molecule has 0 aliphatic carbocycles. The molecule has 26 heavy (non-hydrogen) atoms.